The minimum atomic E-state index is -0.239. The van der Waals surface area contributed by atoms with Gasteiger partial charge in [0, 0.05) is 12.0 Å². The Bertz CT molecular complexity index is 556. The summed E-state index contributed by atoms with van der Waals surface area (Å²) in [6.45, 7) is 0. The molecule has 0 bridgehead atoms. The number of rotatable bonds is 5. The quantitative estimate of drug-likeness (QED) is 0.718. The fourth-order valence-electron chi connectivity index (χ4n) is 1.78. The Hall–Kier alpha value is -2.22. The van der Waals surface area contributed by atoms with Gasteiger partial charge in [-0.1, -0.05) is 54.6 Å². The SMILES string of the molecule is O=C(CCC=Cc1ccc(F)cc1)c1ccccc1. The summed E-state index contributed by atoms with van der Waals surface area (Å²) in [7, 11) is 0. The lowest BCUT2D eigenvalue weighted by molar-refractivity contribution is 0.0984. The van der Waals surface area contributed by atoms with E-state index in [9.17, 15) is 9.18 Å². The molecule has 19 heavy (non-hydrogen) atoms. The van der Waals surface area contributed by atoms with Crippen molar-refractivity contribution < 1.29 is 9.18 Å². The van der Waals surface area contributed by atoms with Crippen molar-refractivity contribution >= 4 is 11.9 Å². The topological polar surface area (TPSA) is 17.1 Å². The van der Waals surface area contributed by atoms with E-state index in [1.165, 1.54) is 12.1 Å². The molecule has 0 spiro atoms. The lowest BCUT2D eigenvalue weighted by Crippen LogP contribution is -1.97. The molecule has 2 rings (SSSR count). The number of carbonyl (C=O) groups is 1. The van der Waals surface area contributed by atoms with Crippen LogP contribution in [0, 0.1) is 5.82 Å². The first-order chi connectivity index (χ1) is 9.25. The van der Waals surface area contributed by atoms with E-state index in [0.717, 1.165) is 11.1 Å². The van der Waals surface area contributed by atoms with Crippen LogP contribution in [0.15, 0.2) is 60.7 Å². The monoisotopic (exact) mass is 254 g/mol. The molecule has 0 amide bonds. The molecule has 0 fully saturated rings. The van der Waals surface area contributed by atoms with Gasteiger partial charge < -0.3 is 0 Å². The number of benzene rings is 2. The van der Waals surface area contributed by atoms with Gasteiger partial charge in [-0.05, 0) is 24.1 Å². The van der Waals surface area contributed by atoms with Crippen molar-refractivity contribution in [1.29, 1.82) is 0 Å². The molecule has 0 aliphatic rings. The molecule has 1 nitrogen and oxygen atoms in total. The molecule has 2 aromatic carbocycles. The van der Waals surface area contributed by atoms with Crippen LogP contribution in [-0.2, 0) is 0 Å². The van der Waals surface area contributed by atoms with E-state index in [4.69, 9.17) is 0 Å². The van der Waals surface area contributed by atoms with Crippen LogP contribution in [0.4, 0.5) is 4.39 Å². The van der Waals surface area contributed by atoms with Crippen molar-refractivity contribution in [2.45, 2.75) is 12.8 Å². The highest BCUT2D eigenvalue weighted by Gasteiger charge is 2.02. The van der Waals surface area contributed by atoms with Crippen LogP contribution in [0.1, 0.15) is 28.8 Å². The van der Waals surface area contributed by atoms with Crippen LogP contribution < -0.4 is 0 Å². The van der Waals surface area contributed by atoms with Crippen molar-refractivity contribution in [2.75, 3.05) is 0 Å². The number of Topliss-reactive ketones (excluding diaryl/α,β-unsaturated/α-hetero) is 1. The first-order valence-corrected chi connectivity index (χ1v) is 6.26. The second kappa shape index (κ2) is 6.64. The zero-order chi connectivity index (χ0) is 13.5. The lowest BCUT2D eigenvalue weighted by Gasteiger charge is -1.98. The van der Waals surface area contributed by atoms with Gasteiger partial charge in [-0.25, -0.2) is 4.39 Å². The molecule has 2 heteroatoms. The highest BCUT2D eigenvalue weighted by Crippen LogP contribution is 2.08. The predicted octanol–water partition coefficient (Wildman–Crippen LogP) is 4.50. The van der Waals surface area contributed by atoms with Crippen LogP contribution in [-0.4, -0.2) is 5.78 Å². The molecule has 0 unspecified atom stereocenters. The molecule has 0 saturated carbocycles. The highest BCUT2D eigenvalue weighted by molar-refractivity contribution is 5.96. The summed E-state index contributed by atoms with van der Waals surface area (Å²) >= 11 is 0. The Kier molecular flexibility index (Phi) is 4.62. The van der Waals surface area contributed by atoms with Crippen LogP contribution in [0.25, 0.3) is 6.08 Å². The second-order valence-corrected chi connectivity index (χ2v) is 4.28. The van der Waals surface area contributed by atoms with Crippen LogP contribution >= 0.6 is 0 Å². The molecule has 2 aromatic rings. The molecule has 0 heterocycles. The van der Waals surface area contributed by atoms with Crippen molar-refractivity contribution in [3.05, 3.63) is 77.6 Å². The third-order valence-electron chi connectivity index (χ3n) is 2.81. The molecule has 0 aromatic heterocycles. The molecular weight excluding hydrogens is 239 g/mol. The summed E-state index contributed by atoms with van der Waals surface area (Å²) in [5, 5.41) is 0. The Balaban J connectivity index is 1.83. The van der Waals surface area contributed by atoms with Gasteiger partial charge in [-0.3, -0.25) is 4.79 Å². The molecular formula is C17H15FO. The fourth-order valence-corrected chi connectivity index (χ4v) is 1.78. The molecule has 0 aliphatic heterocycles. The van der Waals surface area contributed by atoms with E-state index in [2.05, 4.69) is 0 Å². The number of hydrogen-bond acceptors (Lipinski definition) is 1. The van der Waals surface area contributed by atoms with Gasteiger partial charge in [0.05, 0.1) is 0 Å². The molecule has 96 valence electrons. The van der Waals surface area contributed by atoms with Crippen LogP contribution in [0.5, 0.6) is 0 Å². The Morgan fingerprint density at radius 3 is 2.37 bits per heavy atom. The van der Waals surface area contributed by atoms with Crippen molar-refractivity contribution in [2.24, 2.45) is 0 Å². The van der Waals surface area contributed by atoms with Gasteiger partial charge in [0.2, 0.25) is 0 Å². The van der Waals surface area contributed by atoms with Gasteiger partial charge >= 0.3 is 0 Å². The van der Waals surface area contributed by atoms with Crippen molar-refractivity contribution in [3.8, 4) is 0 Å². The first-order valence-electron chi connectivity index (χ1n) is 6.26. The third-order valence-corrected chi connectivity index (χ3v) is 2.81. The smallest absolute Gasteiger partial charge is 0.163 e. The Morgan fingerprint density at radius 2 is 1.68 bits per heavy atom. The summed E-state index contributed by atoms with van der Waals surface area (Å²) in [5.74, 6) is -0.0965. The standard InChI is InChI=1S/C17H15FO/c18-16-12-10-14(11-13-16)6-4-5-9-17(19)15-7-2-1-3-8-15/h1-4,6-8,10-13H,5,9H2. The maximum atomic E-state index is 12.7. The van der Waals surface area contributed by atoms with E-state index in [1.54, 1.807) is 12.1 Å². The third kappa shape index (κ3) is 4.18. The van der Waals surface area contributed by atoms with Gasteiger partial charge in [-0.15, -0.1) is 0 Å². The first kappa shape index (κ1) is 13.2. The summed E-state index contributed by atoms with van der Waals surface area (Å²) in [6, 6.07) is 15.5. The van der Waals surface area contributed by atoms with E-state index in [1.807, 2.05) is 42.5 Å². The minimum absolute atomic E-state index is 0.143. The lowest BCUT2D eigenvalue weighted by atomic mass is 10.1. The predicted molar refractivity (Wildman–Crippen MR) is 75.4 cm³/mol. The molecule has 0 aliphatic carbocycles. The van der Waals surface area contributed by atoms with E-state index < -0.39 is 0 Å². The summed E-state index contributed by atoms with van der Waals surface area (Å²) in [5.41, 5.74) is 1.69. The largest absolute Gasteiger partial charge is 0.294 e. The number of hydrogen-bond donors (Lipinski definition) is 0. The normalized spacial score (nSPS) is 10.8. The average molecular weight is 254 g/mol. The number of halogens is 1. The maximum absolute atomic E-state index is 12.7. The molecule has 0 N–H and O–H groups in total. The summed E-state index contributed by atoms with van der Waals surface area (Å²) in [6.07, 6.45) is 5.01. The van der Waals surface area contributed by atoms with Crippen molar-refractivity contribution in [1.82, 2.24) is 0 Å². The van der Waals surface area contributed by atoms with Crippen LogP contribution in [0.3, 0.4) is 0 Å². The average Bonchev–Trinajstić information content (AvgIpc) is 2.46. The zero-order valence-electron chi connectivity index (χ0n) is 10.6. The minimum Gasteiger partial charge on any atom is -0.294 e. The second-order valence-electron chi connectivity index (χ2n) is 4.28. The molecule has 0 saturated heterocycles. The van der Waals surface area contributed by atoms with E-state index in [0.29, 0.717) is 12.8 Å². The van der Waals surface area contributed by atoms with Gasteiger partial charge in [0.15, 0.2) is 5.78 Å². The van der Waals surface area contributed by atoms with Crippen LogP contribution in [0.2, 0.25) is 0 Å². The maximum Gasteiger partial charge on any atom is 0.163 e. The van der Waals surface area contributed by atoms with Gasteiger partial charge in [0.1, 0.15) is 5.82 Å². The van der Waals surface area contributed by atoms with E-state index in [-0.39, 0.29) is 11.6 Å². The summed E-state index contributed by atoms with van der Waals surface area (Å²) < 4.78 is 12.7. The van der Waals surface area contributed by atoms with E-state index >= 15 is 0 Å². The number of carbonyl (C=O) groups excluding carboxylic acids is 1. The zero-order valence-corrected chi connectivity index (χ0v) is 10.6. The molecule has 0 atom stereocenters. The molecule has 0 radical (unpaired) electrons. The van der Waals surface area contributed by atoms with Crippen molar-refractivity contribution in [3.63, 3.8) is 0 Å². The van der Waals surface area contributed by atoms with Gasteiger partial charge in [-0.2, -0.15) is 0 Å². The Morgan fingerprint density at radius 1 is 1.00 bits per heavy atom. The Labute approximate surface area is 112 Å². The number of allylic oxidation sites excluding steroid dienone is 1. The summed E-state index contributed by atoms with van der Waals surface area (Å²) in [4.78, 5) is 11.8. The fraction of sp³-hybridized carbons (Fsp3) is 0.118. The highest BCUT2D eigenvalue weighted by atomic mass is 19.1. The van der Waals surface area contributed by atoms with Gasteiger partial charge in [0.25, 0.3) is 0 Å². The number of ketones is 1.